The van der Waals surface area contributed by atoms with Gasteiger partial charge >= 0.3 is 0 Å². The summed E-state index contributed by atoms with van der Waals surface area (Å²) >= 11 is 1.68. The van der Waals surface area contributed by atoms with E-state index in [1.165, 1.54) is 0 Å². The molecule has 0 radical (unpaired) electrons. The van der Waals surface area contributed by atoms with E-state index in [0.29, 0.717) is 11.6 Å². The van der Waals surface area contributed by atoms with Crippen LogP contribution < -0.4 is 10.6 Å². The fraction of sp³-hybridized carbons (Fsp3) is 0.545. The van der Waals surface area contributed by atoms with E-state index in [4.69, 9.17) is 5.73 Å². The molecule has 0 spiro atoms. The number of rotatable bonds is 3. The Bertz CT molecular complexity index is 502. The molecule has 7 heteroatoms. The molecule has 2 N–H and O–H groups in total. The van der Waals surface area contributed by atoms with Crippen LogP contribution >= 0.6 is 11.8 Å². The zero-order valence-electron chi connectivity index (χ0n) is 10.2. The number of nitrogen functional groups attached to an aromatic ring is 1. The van der Waals surface area contributed by atoms with Crippen LogP contribution in [0.3, 0.4) is 0 Å². The van der Waals surface area contributed by atoms with E-state index in [9.17, 15) is 8.42 Å². The lowest BCUT2D eigenvalue weighted by atomic mass is 10.3. The predicted octanol–water partition coefficient (Wildman–Crippen LogP) is 0.978. The van der Waals surface area contributed by atoms with E-state index < -0.39 is 15.2 Å². The molecule has 0 bridgehead atoms. The Labute approximate surface area is 112 Å². The van der Waals surface area contributed by atoms with Crippen LogP contribution in [0.15, 0.2) is 18.3 Å². The first-order valence-corrected chi connectivity index (χ1v) is 8.69. The first-order valence-electron chi connectivity index (χ1n) is 5.82. The normalized spacial score (nSPS) is 20.9. The number of hydrogen-bond donors (Lipinski definition) is 1. The fourth-order valence-corrected chi connectivity index (χ4v) is 4.93. The Morgan fingerprint density at radius 2 is 2.33 bits per heavy atom. The van der Waals surface area contributed by atoms with Crippen molar-refractivity contribution in [2.45, 2.75) is 12.3 Å². The van der Waals surface area contributed by atoms with Crippen LogP contribution in [0, 0.1) is 0 Å². The Hall–Kier alpha value is -0.950. The summed E-state index contributed by atoms with van der Waals surface area (Å²) in [6, 6.07) is 3.53. The van der Waals surface area contributed by atoms with Gasteiger partial charge in [-0.3, -0.25) is 0 Å². The van der Waals surface area contributed by atoms with Gasteiger partial charge in [-0.25, -0.2) is 13.4 Å². The van der Waals surface area contributed by atoms with Crippen molar-refractivity contribution in [2.75, 3.05) is 34.4 Å². The number of nitrogens with two attached hydrogens (primary N) is 1. The molecular formula is C11H17N3O2S2. The molecule has 1 aromatic heterocycles. The van der Waals surface area contributed by atoms with Gasteiger partial charge < -0.3 is 10.6 Å². The molecule has 1 atom stereocenters. The highest BCUT2D eigenvalue weighted by Gasteiger charge is 2.32. The summed E-state index contributed by atoms with van der Waals surface area (Å²) < 4.78 is 24.2. The number of anilines is 2. The second-order valence-electron chi connectivity index (χ2n) is 4.12. The van der Waals surface area contributed by atoms with Crippen molar-refractivity contribution in [3.63, 3.8) is 0 Å². The second-order valence-corrected chi connectivity index (χ2v) is 7.71. The lowest BCUT2D eigenvalue weighted by molar-refractivity contribution is 0.579. The maximum Gasteiger partial charge on any atom is 0.171 e. The quantitative estimate of drug-likeness (QED) is 0.893. The van der Waals surface area contributed by atoms with Gasteiger partial charge in [-0.1, -0.05) is 6.92 Å². The molecule has 2 rings (SSSR count). The van der Waals surface area contributed by atoms with Crippen molar-refractivity contribution >= 4 is 33.1 Å². The van der Waals surface area contributed by atoms with E-state index in [1.54, 1.807) is 30.9 Å². The van der Waals surface area contributed by atoms with Crippen LogP contribution in [-0.4, -0.2) is 42.6 Å². The van der Waals surface area contributed by atoms with Gasteiger partial charge in [0.15, 0.2) is 9.84 Å². The molecule has 18 heavy (non-hydrogen) atoms. The number of sulfone groups is 1. The molecule has 0 aromatic carbocycles. The van der Waals surface area contributed by atoms with Gasteiger partial charge in [-0.05, 0) is 12.1 Å². The highest BCUT2D eigenvalue weighted by molar-refractivity contribution is 8.01. The van der Waals surface area contributed by atoms with Crippen LogP contribution in [0.25, 0.3) is 0 Å². The molecule has 1 aliphatic rings. The van der Waals surface area contributed by atoms with Crippen LogP contribution in [0.5, 0.6) is 0 Å². The minimum Gasteiger partial charge on any atom is -0.384 e. The minimum absolute atomic E-state index is 0.164. The average Bonchev–Trinajstić information content (AvgIpc) is 2.40. The molecule has 0 saturated carbocycles. The molecule has 1 saturated heterocycles. The molecule has 100 valence electrons. The Morgan fingerprint density at radius 3 is 2.94 bits per heavy atom. The number of aromatic nitrogens is 1. The summed E-state index contributed by atoms with van der Waals surface area (Å²) in [5, 5.41) is -0.452. The zero-order valence-corrected chi connectivity index (χ0v) is 11.9. The van der Waals surface area contributed by atoms with Crippen LogP contribution in [-0.2, 0) is 9.84 Å². The number of thioether (sulfide) groups is 1. The van der Waals surface area contributed by atoms with Crippen LogP contribution in [0.2, 0.25) is 0 Å². The molecule has 1 fully saturated rings. The first-order chi connectivity index (χ1) is 8.54. The number of hydrogen-bond acceptors (Lipinski definition) is 6. The van der Waals surface area contributed by atoms with Crippen molar-refractivity contribution in [3.05, 3.63) is 18.3 Å². The van der Waals surface area contributed by atoms with E-state index in [2.05, 4.69) is 4.98 Å². The average molecular weight is 287 g/mol. The largest absolute Gasteiger partial charge is 0.384 e. The molecule has 0 aliphatic carbocycles. The minimum atomic E-state index is -3.08. The maximum absolute atomic E-state index is 12.1. The SMILES string of the molecule is CCS(=O)(=O)C1CSCCN1c1ccc(N)nc1. The van der Waals surface area contributed by atoms with Crippen molar-refractivity contribution in [1.29, 1.82) is 0 Å². The van der Waals surface area contributed by atoms with E-state index in [1.807, 2.05) is 11.0 Å². The Kier molecular flexibility index (Phi) is 4.01. The molecule has 0 amide bonds. The number of pyridine rings is 1. The summed E-state index contributed by atoms with van der Waals surface area (Å²) in [5.41, 5.74) is 6.38. The third-order valence-electron chi connectivity index (χ3n) is 3.00. The van der Waals surface area contributed by atoms with E-state index in [-0.39, 0.29) is 5.75 Å². The van der Waals surface area contributed by atoms with Gasteiger partial charge in [-0.2, -0.15) is 11.8 Å². The zero-order chi connectivity index (χ0) is 13.2. The van der Waals surface area contributed by atoms with Crippen molar-refractivity contribution in [3.8, 4) is 0 Å². The van der Waals surface area contributed by atoms with Crippen LogP contribution in [0.4, 0.5) is 11.5 Å². The van der Waals surface area contributed by atoms with Gasteiger partial charge in [0.2, 0.25) is 0 Å². The van der Waals surface area contributed by atoms with Crippen LogP contribution in [0.1, 0.15) is 6.92 Å². The Balaban J connectivity index is 2.31. The lowest BCUT2D eigenvalue weighted by Crippen LogP contribution is -2.48. The molecule has 1 aromatic rings. The van der Waals surface area contributed by atoms with E-state index >= 15 is 0 Å². The smallest absolute Gasteiger partial charge is 0.171 e. The van der Waals surface area contributed by atoms with Gasteiger partial charge in [0.1, 0.15) is 11.2 Å². The monoisotopic (exact) mass is 287 g/mol. The highest BCUT2D eigenvalue weighted by Crippen LogP contribution is 2.27. The summed E-state index contributed by atoms with van der Waals surface area (Å²) in [6.45, 7) is 2.41. The summed E-state index contributed by atoms with van der Waals surface area (Å²) in [6.07, 6.45) is 1.64. The third-order valence-corrected chi connectivity index (χ3v) is 6.29. The molecule has 2 heterocycles. The summed E-state index contributed by atoms with van der Waals surface area (Å²) in [5.74, 6) is 2.15. The first kappa shape index (κ1) is 13.5. The summed E-state index contributed by atoms with van der Waals surface area (Å²) in [7, 11) is -3.08. The molecular weight excluding hydrogens is 270 g/mol. The standard InChI is InChI=1S/C11H17N3O2S2/c1-2-18(15,16)11-8-17-6-5-14(11)9-3-4-10(12)13-7-9/h3-4,7,11H,2,5-6,8H2,1H3,(H2,12,13). The third kappa shape index (κ3) is 2.72. The van der Waals surface area contributed by atoms with Crippen molar-refractivity contribution in [1.82, 2.24) is 4.98 Å². The van der Waals surface area contributed by atoms with Gasteiger partial charge in [0, 0.05) is 23.8 Å². The van der Waals surface area contributed by atoms with Crippen molar-refractivity contribution < 1.29 is 8.42 Å². The predicted molar refractivity (Wildman–Crippen MR) is 76.6 cm³/mol. The topological polar surface area (TPSA) is 76.3 Å². The fourth-order valence-electron chi connectivity index (χ4n) is 1.93. The molecule has 1 unspecified atom stereocenters. The number of nitrogens with zero attached hydrogens (tertiary/aromatic N) is 2. The highest BCUT2D eigenvalue weighted by atomic mass is 32.2. The van der Waals surface area contributed by atoms with Gasteiger partial charge in [0.05, 0.1) is 11.9 Å². The van der Waals surface area contributed by atoms with Crippen molar-refractivity contribution in [2.24, 2.45) is 0 Å². The Morgan fingerprint density at radius 1 is 1.56 bits per heavy atom. The van der Waals surface area contributed by atoms with E-state index in [0.717, 1.165) is 18.0 Å². The molecule has 1 aliphatic heterocycles. The lowest BCUT2D eigenvalue weighted by Gasteiger charge is -2.36. The van der Waals surface area contributed by atoms with Gasteiger partial charge in [0.25, 0.3) is 0 Å². The summed E-state index contributed by atoms with van der Waals surface area (Å²) in [4.78, 5) is 5.95. The molecule has 5 nitrogen and oxygen atoms in total. The van der Waals surface area contributed by atoms with Gasteiger partial charge in [-0.15, -0.1) is 0 Å². The maximum atomic E-state index is 12.1. The second kappa shape index (κ2) is 5.36.